The highest BCUT2D eigenvalue weighted by Gasteiger charge is 2.21. The molecule has 0 unspecified atom stereocenters. The van der Waals surface area contributed by atoms with Crippen molar-refractivity contribution in [2.45, 2.75) is 25.7 Å². The number of hydrogen-bond acceptors (Lipinski definition) is 4. The van der Waals surface area contributed by atoms with Crippen LogP contribution < -0.4 is 10.5 Å². The molecule has 21 heavy (non-hydrogen) atoms. The first-order valence-electron chi connectivity index (χ1n) is 6.24. The Hall–Kier alpha value is -1.60. The van der Waals surface area contributed by atoms with Gasteiger partial charge in [-0.15, -0.1) is 0 Å². The topological polar surface area (TPSA) is 85.1 Å². The van der Waals surface area contributed by atoms with E-state index in [1.54, 1.807) is 45.0 Å². The molecule has 0 amide bonds. The predicted octanol–water partition coefficient (Wildman–Crippen LogP) is 3.15. The molecule has 5 nitrogen and oxygen atoms in total. The van der Waals surface area contributed by atoms with E-state index < -0.39 is 10.0 Å². The van der Waals surface area contributed by atoms with Gasteiger partial charge in [-0.3, -0.25) is 4.72 Å². The summed E-state index contributed by atoms with van der Waals surface area (Å²) in [7, 11) is -3.73. The normalized spacial score (nSPS) is 11.4. The van der Waals surface area contributed by atoms with E-state index in [0.29, 0.717) is 22.5 Å². The molecule has 1 heterocycles. The predicted molar refractivity (Wildman–Crippen MR) is 87.8 cm³/mol. The maximum Gasteiger partial charge on any atom is 0.263 e. The summed E-state index contributed by atoms with van der Waals surface area (Å²) in [6.07, 6.45) is 0. The first kappa shape index (κ1) is 15.8. The van der Waals surface area contributed by atoms with Crippen molar-refractivity contribution >= 4 is 37.5 Å². The number of aromatic nitrogens is 1. The quantitative estimate of drug-likeness (QED) is 0.813. The average molecular weight is 370 g/mol. The van der Waals surface area contributed by atoms with Crippen molar-refractivity contribution in [3.8, 4) is 0 Å². The summed E-state index contributed by atoms with van der Waals surface area (Å²) in [5.41, 5.74) is 8.14. The van der Waals surface area contributed by atoms with Crippen LogP contribution in [0.4, 0.5) is 11.5 Å². The summed E-state index contributed by atoms with van der Waals surface area (Å²) in [5.74, 6) is 0.275. The molecule has 0 bridgehead atoms. The zero-order valence-electron chi connectivity index (χ0n) is 11.9. The van der Waals surface area contributed by atoms with E-state index in [-0.39, 0.29) is 10.7 Å². The lowest BCUT2D eigenvalue weighted by Crippen LogP contribution is -2.17. The van der Waals surface area contributed by atoms with E-state index in [1.165, 1.54) is 0 Å². The average Bonchev–Trinajstić information content (AvgIpc) is 2.38. The molecule has 7 heteroatoms. The number of nitrogens with two attached hydrogens (primary N) is 1. The van der Waals surface area contributed by atoms with Gasteiger partial charge in [-0.2, -0.15) is 0 Å². The lowest BCUT2D eigenvalue weighted by atomic mass is 10.1. The number of pyridine rings is 1. The van der Waals surface area contributed by atoms with Crippen molar-refractivity contribution in [3.63, 3.8) is 0 Å². The third kappa shape index (κ3) is 3.19. The number of rotatable bonds is 3. The van der Waals surface area contributed by atoms with Gasteiger partial charge in [-0.1, -0.05) is 6.07 Å². The summed E-state index contributed by atoms with van der Waals surface area (Å²) in [6.45, 7) is 5.22. The van der Waals surface area contributed by atoms with Crippen LogP contribution >= 0.6 is 15.9 Å². The molecule has 112 valence electrons. The van der Waals surface area contributed by atoms with Crippen LogP contribution in [0.15, 0.2) is 33.6 Å². The third-order valence-corrected chi connectivity index (χ3v) is 5.66. The number of anilines is 2. The highest BCUT2D eigenvalue weighted by Crippen LogP contribution is 2.27. The van der Waals surface area contributed by atoms with Gasteiger partial charge in [0.2, 0.25) is 0 Å². The Morgan fingerprint density at radius 2 is 1.81 bits per heavy atom. The van der Waals surface area contributed by atoms with Gasteiger partial charge in [-0.25, -0.2) is 13.4 Å². The highest BCUT2D eigenvalue weighted by molar-refractivity contribution is 9.10. The Morgan fingerprint density at radius 3 is 2.43 bits per heavy atom. The number of benzene rings is 1. The molecular weight excluding hydrogens is 354 g/mol. The lowest BCUT2D eigenvalue weighted by Gasteiger charge is -2.14. The van der Waals surface area contributed by atoms with Crippen LogP contribution in [0.5, 0.6) is 0 Å². The summed E-state index contributed by atoms with van der Waals surface area (Å²) in [6, 6.07) is 6.74. The molecule has 2 aromatic rings. The Morgan fingerprint density at radius 1 is 1.14 bits per heavy atom. The van der Waals surface area contributed by atoms with Crippen LogP contribution in [0.1, 0.15) is 16.8 Å². The van der Waals surface area contributed by atoms with Gasteiger partial charge in [0.25, 0.3) is 10.0 Å². The number of sulfonamides is 1. The Bertz CT molecular complexity index is 804. The van der Waals surface area contributed by atoms with E-state index in [9.17, 15) is 8.42 Å². The van der Waals surface area contributed by atoms with Gasteiger partial charge >= 0.3 is 0 Å². The van der Waals surface area contributed by atoms with Crippen LogP contribution in [0.2, 0.25) is 0 Å². The fourth-order valence-electron chi connectivity index (χ4n) is 2.05. The molecule has 0 atom stereocenters. The van der Waals surface area contributed by atoms with Crippen molar-refractivity contribution in [1.82, 2.24) is 4.98 Å². The molecule has 1 aromatic heterocycles. The number of aryl methyl sites for hydroxylation is 2. The van der Waals surface area contributed by atoms with Gasteiger partial charge in [0, 0.05) is 10.2 Å². The zero-order valence-corrected chi connectivity index (χ0v) is 14.3. The van der Waals surface area contributed by atoms with Gasteiger partial charge in [0.15, 0.2) is 0 Å². The molecular formula is C14H16BrN3O2S. The summed E-state index contributed by atoms with van der Waals surface area (Å²) >= 11 is 3.33. The second-order valence-electron chi connectivity index (χ2n) is 4.80. The Kier molecular flexibility index (Phi) is 4.25. The lowest BCUT2D eigenvalue weighted by molar-refractivity contribution is 0.600. The molecule has 0 saturated heterocycles. The molecule has 1 aromatic carbocycles. The van der Waals surface area contributed by atoms with E-state index in [4.69, 9.17) is 5.73 Å². The molecule has 0 spiro atoms. The maximum atomic E-state index is 12.6. The highest BCUT2D eigenvalue weighted by atomic mass is 79.9. The van der Waals surface area contributed by atoms with Gasteiger partial charge in [0.05, 0.1) is 10.6 Å². The van der Waals surface area contributed by atoms with Crippen LogP contribution in [0.25, 0.3) is 0 Å². The van der Waals surface area contributed by atoms with Gasteiger partial charge in [0.1, 0.15) is 5.82 Å². The van der Waals surface area contributed by atoms with E-state index in [0.717, 1.165) is 4.47 Å². The molecule has 0 radical (unpaired) electrons. The first-order chi connectivity index (χ1) is 9.72. The number of nitrogen functional groups attached to an aromatic ring is 1. The fraction of sp³-hybridized carbons (Fsp3) is 0.214. The molecule has 2 rings (SSSR count). The fourth-order valence-corrected chi connectivity index (χ4v) is 3.77. The van der Waals surface area contributed by atoms with E-state index in [1.807, 2.05) is 0 Å². The van der Waals surface area contributed by atoms with E-state index >= 15 is 0 Å². The number of halogens is 1. The maximum absolute atomic E-state index is 12.6. The Balaban J connectivity index is 2.48. The monoisotopic (exact) mass is 369 g/mol. The van der Waals surface area contributed by atoms with Crippen molar-refractivity contribution in [1.29, 1.82) is 0 Å². The molecule has 0 aliphatic rings. The number of nitrogens with one attached hydrogen (secondary N) is 1. The van der Waals surface area contributed by atoms with Crippen LogP contribution in [0, 0.1) is 20.8 Å². The van der Waals surface area contributed by atoms with Crippen LogP contribution in [-0.4, -0.2) is 13.4 Å². The molecule has 3 N–H and O–H groups in total. The second kappa shape index (κ2) is 5.65. The summed E-state index contributed by atoms with van der Waals surface area (Å²) < 4.78 is 28.5. The van der Waals surface area contributed by atoms with E-state index in [2.05, 4.69) is 25.6 Å². The van der Waals surface area contributed by atoms with Crippen molar-refractivity contribution in [3.05, 3.63) is 45.6 Å². The second-order valence-corrected chi connectivity index (χ2v) is 7.27. The van der Waals surface area contributed by atoms with Gasteiger partial charge in [-0.05, 0) is 66.0 Å². The number of hydrogen-bond donors (Lipinski definition) is 2. The SMILES string of the molecule is Cc1ccc(N)c(C)c1S(=O)(=O)Nc1ccc(Br)c(C)n1. The van der Waals surface area contributed by atoms with Crippen molar-refractivity contribution in [2.75, 3.05) is 10.5 Å². The standard InChI is InChI=1S/C14H16BrN3O2S/c1-8-4-6-12(16)9(2)14(8)21(19,20)18-13-7-5-11(15)10(3)17-13/h4-7H,16H2,1-3H3,(H,17,18). The smallest absolute Gasteiger partial charge is 0.263 e. The summed E-state index contributed by atoms with van der Waals surface area (Å²) in [5, 5.41) is 0. The minimum absolute atomic E-state index is 0.199. The number of nitrogens with zero attached hydrogens (tertiary/aromatic N) is 1. The first-order valence-corrected chi connectivity index (χ1v) is 8.51. The summed E-state index contributed by atoms with van der Waals surface area (Å²) in [4.78, 5) is 4.40. The van der Waals surface area contributed by atoms with Crippen LogP contribution in [0.3, 0.4) is 0 Å². The zero-order chi connectivity index (χ0) is 15.8. The van der Waals surface area contributed by atoms with Crippen molar-refractivity contribution in [2.24, 2.45) is 0 Å². The minimum Gasteiger partial charge on any atom is -0.398 e. The largest absolute Gasteiger partial charge is 0.398 e. The minimum atomic E-state index is -3.73. The van der Waals surface area contributed by atoms with Gasteiger partial charge < -0.3 is 5.73 Å². The molecule has 0 aliphatic heterocycles. The molecule has 0 saturated carbocycles. The third-order valence-electron chi connectivity index (χ3n) is 3.17. The van der Waals surface area contributed by atoms with Crippen molar-refractivity contribution < 1.29 is 8.42 Å². The Labute approximate surface area is 132 Å². The molecule has 0 fully saturated rings. The van der Waals surface area contributed by atoms with Crippen LogP contribution in [-0.2, 0) is 10.0 Å². The molecule has 0 aliphatic carbocycles.